The van der Waals surface area contributed by atoms with Gasteiger partial charge in [-0.1, -0.05) is 12.2 Å². The Morgan fingerprint density at radius 3 is 2.65 bits per heavy atom. The molecule has 0 bridgehead atoms. The number of urea groups is 1. The van der Waals surface area contributed by atoms with Crippen LogP contribution in [0.25, 0.3) is 0 Å². The van der Waals surface area contributed by atoms with Crippen LogP contribution in [0.1, 0.15) is 33.1 Å². The van der Waals surface area contributed by atoms with Crippen molar-refractivity contribution in [3.63, 3.8) is 0 Å². The number of carbonyl (C=O) groups excluding carboxylic acids is 2. The fraction of sp³-hybridized carbons (Fsp3) is 0.778. The van der Waals surface area contributed by atoms with Crippen molar-refractivity contribution in [3.8, 4) is 0 Å². The Morgan fingerprint density at radius 2 is 2.00 bits per heavy atom. The number of aliphatic hydroxyl groups excluding tert-OH is 1. The molecule has 2 aliphatic rings. The molecule has 1 saturated heterocycles. The quantitative estimate of drug-likeness (QED) is 0.451. The van der Waals surface area contributed by atoms with Crippen molar-refractivity contribution in [1.29, 1.82) is 0 Å². The summed E-state index contributed by atoms with van der Waals surface area (Å²) in [5.41, 5.74) is 0. The first-order valence-electron chi connectivity index (χ1n) is 9.48. The van der Waals surface area contributed by atoms with Crippen molar-refractivity contribution in [3.05, 3.63) is 12.2 Å². The van der Waals surface area contributed by atoms with Crippen molar-refractivity contribution in [1.82, 2.24) is 20.9 Å². The third-order valence-electron chi connectivity index (χ3n) is 4.52. The maximum absolute atomic E-state index is 12.1. The maximum Gasteiger partial charge on any atom is 0.315 e. The zero-order valence-electron chi connectivity index (χ0n) is 15.7. The molecule has 3 atom stereocenters. The van der Waals surface area contributed by atoms with Crippen LogP contribution < -0.4 is 16.0 Å². The molecule has 26 heavy (non-hydrogen) atoms. The van der Waals surface area contributed by atoms with Crippen LogP contribution in [0.5, 0.6) is 0 Å². The van der Waals surface area contributed by atoms with Crippen molar-refractivity contribution < 1.29 is 19.4 Å². The molecule has 0 aromatic heterocycles. The number of likely N-dealkylation sites (tertiary alicyclic amines) is 1. The molecule has 8 nitrogen and oxygen atoms in total. The Hall–Kier alpha value is -1.64. The Labute approximate surface area is 155 Å². The van der Waals surface area contributed by atoms with E-state index in [-0.39, 0.29) is 31.0 Å². The molecule has 0 aromatic carbocycles. The summed E-state index contributed by atoms with van der Waals surface area (Å²) >= 11 is 0. The summed E-state index contributed by atoms with van der Waals surface area (Å²) in [6, 6.07) is -0.712. The number of rotatable bonds is 8. The molecule has 3 amide bonds. The second-order valence-electron chi connectivity index (χ2n) is 7.18. The number of hydrogen-bond acceptors (Lipinski definition) is 5. The molecule has 1 fully saturated rings. The number of carbonyl (C=O) groups is 2. The van der Waals surface area contributed by atoms with Crippen molar-refractivity contribution in [2.75, 3.05) is 32.8 Å². The monoisotopic (exact) mass is 368 g/mol. The number of nitrogens with zero attached hydrogens (tertiary/aromatic N) is 1. The van der Waals surface area contributed by atoms with Gasteiger partial charge >= 0.3 is 6.03 Å². The van der Waals surface area contributed by atoms with Gasteiger partial charge < -0.3 is 30.7 Å². The van der Waals surface area contributed by atoms with Gasteiger partial charge in [-0.05, 0) is 39.8 Å². The minimum absolute atomic E-state index is 0.0214. The SMILES string of the molecule is CC(C)NC(=O)N[C@@H]1C=C[C@H](CC(=O)NCCN2CCCC2)O[C@H]1CO. The van der Waals surface area contributed by atoms with E-state index in [0.717, 1.165) is 19.6 Å². The molecule has 4 N–H and O–H groups in total. The molecule has 8 heteroatoms. The predicted molar refractivity (Wildman–Crippen MR) is 98.8 cm³/mol. The highest BCUT2D eigenvalue weighted by Gasteiger charge is 2.29. The van der Waals surface area contributed by atoms with Crippen LogP contribution in [0.15, 0.2) is 12.2 Å². The first-order valence-corrected chi connectivity index (χ1v) is 9.48. The van der Waals surface area contributed by atoms with Crippen LogP contribution in [0.4, 0.5) is 4.79 Å². The molecule has 0 spiro atoms. The van der Waals surface area contributed by atoms with Crippen LogP contribution in [0.3, 0.4) is 0 Å². The lowest BCUT2D eigenvalue weighted by atomic mass is 10.0. The zero-order valence-corrected chi connectivity index (χ0v) is 15.7. The van der Waals surface area contributed by atoms with Gasteiger partial charge in [0.05, 0.1) is 25.2 Å². The normalized spacial score (nSPS) is 26.1. The lowest BCUT2D eigenvalue weighted by Gasteiger charge is -2.31. The summed E-state index contributed by atoms with van der Waals surface area (Å²) in [5, 5.41) is 17.9. The minimum Gasteiger partial charge on any atom is -0.394 e. The van der Waals surface area contributed by atoms with E-state index in [4.69, 9.17) is 4.74 Å². The van der Waals surface area contributed by atoms with Crippen LogP contribution in [-0.2, 0) is 9.53 Å². The van der Waals surface area contributed by atoms with Crippen LogP contribution in [0.2, 0.25) is 0 Å². The van der Waals surface area contributed by atoms with E-state index in [1.54, 1.807) is 12.2 Å². The molecule has 0 aromatic rings. The minimum atomic E-state index is -0.569. The second-order valence-corrected chi connectivity index (χ2v) is 7.18. The molecule has 2 aliphatic heterocycles. The summed E-state index contributed by atoms with van der Waals surface area (Å²) in [5.74, 6) is -0.0699. The lowest BCUT2D eigenvalue weighted by Crippen LogP contribution is -2.52. The molecule has 2 heterocycles. The molecule has 2 rings (SSSR count). The number of hydrogen-bond donors (Lipinski definition) is 4. The predicted octanol–water partition coefficient (Wildman–Crippen LogP) is -0.0194. The Morgan fingerprint density at radius 1 is 1.27 bits per heavy atom. The van der Waals surface area contributed by atoms with E-state index in [9.17, 15) is 14.7 Å². The van der Waals surface area contributed by atoms with Gasteiger partial charge in [-0.2, -0.15) is 0 Å². The Bertz CT molecular complexity index is 492. The third-order valence-corrected chi connectivity index (χ3v) is 4.52. The van der Waals surface area contributed by atoms with Crippen LogP contribution in [-0.4, -0.2) is 79.0 Å². The summed E-state index contributed by atoms with van der Waals surface area (Å²) in [6.07, 6.45) is 5.27. The molecule has 0 saturated carbocycles. The highest BCUT2D eigenvalue weighted by atomic mass is 16.5. The van der Waals surface area contributed by atoms with Gasteiger partial charge in [-0.3, -0.25) is 4.79 Å². The van der Waals surface area contributed by atoms with Gasteiger partial charge in [0, 0.05) is 19.1 Å². The zero-order chi connectivity index (χ0) is 18.9. The largest absolute Gasteiger partial charge is 0.394 e. The molecular formula is C18H32N4O4. The Kier molecular flexibility index (Phi) is 8.34. The number of aliphatic hydroxyl groups is 1. The van der Waals surface area contributed by atoms with Crippen LogP contribution in [0, 0.1) is 0 Å². The standard InChI is InChI=1S/C18H32N4O4/c1-13(2)20-18(25)21-15-6-5-14(26-16(15)12-23)11-17(24)19-7-10-22-8-3-4-9-22/h5-6,13-16,23H,3-4,7-12H2,1-2H3,(H,19,24)(H2,20,21,25)/t14-,15-,16+/m1/s1. The van der Waals surface area contributed by atoms with Crippen molar-refractivity contribution >= 4 is 11.9 Å². The first kappa shape index (κ1) is 20.7. The summed E-state index contributed by atoms with van der Waals surface area (Å²) < 4.78 is 5.75. The van der Waals surface area contributed by atoms with E-state index < -0.39 is 18.2 Å². The third kappa shape index (κ3) is 6.93. The van der Waals surface area contributed by atoms with E-state index >= 15 is 0 Å². The Balaban J connectivity index is 1.73. The molecule has 148 valence electrons. The van der Waals surface area contributed by atoms with E-state index in [1.165, 1.54) is 12.8 Å². The van der Waals surface area contributed by atoms with E-state index in [2.05, 4.69) is 20.9 Å². The van der Waals surface area contributed by atoms with Gasteiger partial charge in [0.15, 0.2) is 0 Å². The average Bonchev–Trinajstić information content (AvgIpc) is 3.08. The summed E-state index contributed by atoms with van der Waals surface area (Å²) in [7, 11) is 0. The second kappa shape index (κ2) is 10.5. The number of ether oxygens (including phenoxy) is 1. The average molecular weight is 368 g/mol. The van der Waals surface area contributed by atoms with E-state index in [0.29, 0.717) is 6.54 Å². The van der Waals surface area contributed by atoms with Gasteiger partial charge in [0.1, 0.15) is 6.10 Å². The molecule has 0 radical (unpaired) electrons. The van der Waals surface area contributed by atoms with E-state index in [1.807, 2.05) is 13.8 Å². The van der Waals surface area contributed by atoms with Gasteiger partial charge in [0.25, 0.3) is 0 Å². The molecular weight excluding hydrogens is 336 g/mol. The lowest BCUT2D eigenvalue weighted by molar-refractivity contribution is -0.125. The van der Waals surface area contributed by atoms with Crippen molar-refractivity contribution in [2.45, 2.75) is 57.4 Å². The maximum atomic E-state index is 12.1. The van der Waals surface area contributed by atoms with Crippen molar-refractivity contribution in [2.24, 2.45) is 0 Å². The molecule has 0 unspecified atom stereocenters. The first-order chi connectivity index (χ1) is 12.5. The highest BCUT2D eigenvalue weighted by Crippen LogP contribution is 2.15. The summed E-state index contributed by atoms with van der Waals surface area (Å²) in [4.78, 5) is 26.2. The van der Waals surface area contributed by atoms with Gasteiger partial charge in [-0.15, -0.1) is 0 Å². The van der Waals surface area contributed by atoms with Crippen LogP contribution >= 0.6 is 0 Å². The van der Waals surface area contributed by atoms with Gasteiger partial charge in [0.2, 0.25) is 5.91 Å². The summed E-state index contributed by atoms with van der Waals surface area (Å²) in [6.45, 7) is 7.25. The fourth-order valence-electron chi connectivity index (χ4n) is 3.21. The smallest absolute Gasteiger partial charge is 0.315 e. The number of amides is 3. The number of nitrogens with one attached hydrogen (secondary N) is 3. The fourth-order valence-corrected chi connectivity index (χ4v) is 3.21. The highest BCUT2D eigenvalue weighted by molar-refractivity contribution is 5.77. The molecule has 0 aliphatic carbocycles. The van der Waals surface area contributed by atoms with Gasteiger partial charge in [-0.25, -0.2) is 4.79 Å². The topological polar surface area (TPSA) is 103 Å².